The minimum atomic E-state index is -0.115. The molecule has 2 rings (SSSR count). The van der Waals surface area contributed by atoms with Crippen LogP contribution in [-0.2, 0) is 0 Å². The van der Waals surface area contributed by atoms with Crippen LogP contribution in [0.2, 0.25) is 0 Å². The van der Waals surface area contributed by atoms with Crippen LogP contribution < -0.4 is 5.32 Å². The number of aryl methyl sites for hydroxylation is 1. The molecule has 1 fully saturated rings. The third-order valence-corrected chi connectivity index (χ3v) is 5.13. The van der Waals surface area contributed by atoms with Crippen molar-refractivity contribution >= 4 is 0 Å². The number of benzene rings is 1. The summed E-state index contributed by atoms with van der Waals surface area (Å²) in [4.78, 5) is 0. The molecule has 0 amide bonds. The van der Waals surface area contributed by atoms with Crippen LogP contribution in [0.1, 0.15) is 51.8 Å². The maximum absolute atomic E-state index is 13.6. The summed E-state index contributed by atoms with van der Waals surface area (Å²) in [5.74, 6) is -0.115. The van der Waals surface area contributed by atoms with Crippen molar-refractivity contribution < 1.29 is 4.39 Å². The molecule has 0 radical (unpaired) electrons. The Morgan fingerprint density at radius 2 is 1.72 bits per heavy atom. The smallest absolute Gasteiger partial charge is 0.126 e. The molecule has 2 heteroatoms. The van der Waals surface area contributed by atoms with Crippen LogP contribution in [0.4, 0.5) is 4.39 Å². The van der Waals surface area contributed by atoms with Gasteiger partial charge in [0.05, 0.1) is 0 Å². The lowest BCUT2D eigenvalue weighted by Gasteiger charge is -2.16. The second-order valence-electron chi connectivity index (χ2n) is 6.77. The number of nitrogens with one attached hydrogen (secondary N) is 1. The Morgan fingerprint density at radius 3 is 2.17 bits per heavy atom. The molecule has 0 saturated heterocycles. The highest BCUT2D eigenvalue weighted by Crippen LogP contribution is 2.63. The summed E-state index contributed by atoms with van der Waals surface area (Å²) in [6.45, 7) is 13.0. The second-order valence-corrected chi connectivity index (χ2v) is 6.77. The van der Waals surface area contributed by atoms with E-state index in [-0.39, 0.29) is 11.9 Å². The summed E-state index contributed by atoms with van der Waals surface area (Å²) in [7, 11) is 0. The minimum Gasteiger partial charge on any atom is -0.306 e. The van der Waals surface area contributed by atoms with Crippen LogP contribution >= 0.6 is 0 Å². The molecule has 0 heterocycles. The van der Waals surface area contributed by atoms with E-state index in [2.05, 4.69) is 39.9 Å². The molecular formula is C16H24FN. The van der Waals surface area contributed by atoms with Crippen molar-refractivity contribution in [3.8, 4) is 0 Å². The molecule has 1 nitrogen and oxygen atoms in total. The molecule has 1 aliphatic carbocycles. The van der Waals surface area contributed by atoms with E-state index in [0.29, 0.717) is 22.4 Å². The Kier molecular flexibility index (Phi) is 3.05. The molecule has 1 aromatic rings. The molecule has 0 bridgehead atoms. The Balaban J connectivity index is 2.10. The van der Waals surface area contributed by atoms with Gasteiger partial charge in [0, 0.05) is 12.1 Å². The van der Waals surface area contributed by atoms with Crippen LogP contribution in [0.5, 0.6) is 0 Å². The molecule has 1 aliphatic rings. The Bertz CT molecular complexity index is 448. The van der Waals surface area contributed by atoms with E-state index < -0.39 is 0 Å². The average Bonchev–Trinajstić information content (AvgIpc) is 2.65. The second kappa shape index (κ2) is 4.06. The zero-order valence-electron chi connectivity index (χ0n) is 12.3. The molecule has 0 aromatic heterocycles. The fourth-order valence-corrected chi connectivity index (χ4v) is 2.84. The maximum atomic E-state index is 13.6. The molecule has 1 saturated carbocycles. The van der Waals surface area contributed by atoms with Gasteiger partial charge in [0.25, 0.3) is 0 Å². The summed E-state index contributed by atoms with van der Waals surface area (Å²) in [5, 5.41) is 3.63. The maximum Gasteiger partial charge on any atom is 0.126 e. The normalized spacial score (nSPS) is 22.8. The third kappa shape index (κ3) is 1.97. The standard InChI is InChI=1S/C16H24FN/c1-10-7-8-12(9-13(10)17)11(2)18-14-15(3,4)16(14,5)6/h7-9,11,14,18H,1-6H3. The van der Waals surface area contributed by atoms with Gasteiger partial charge in [-0.15, -0.1) is 0 Å². The quantitative estimate of drug-likeness (QED) is 0.845. The van der Waals surface area contributed by atoms with Gasteiger partial charge in [-0.1, -0.05) is 39.8 Å². The highest BCUT2D eigenvalue weighted by molar-refractivity contribution is 5.27. The lowest BCUT2D eigenvalue weighted by molar-refractivity contribution is 0.457. The third-order valence-electron chi connectivity index (χ3n) is 5.13. The molecule has 0 spiro atoms. The van der Waals surface area contributed by atoms with Gasteiger partial charge in [-0.3, -0.25) is 0 Å². The molecule has 0 aliphatic heterocycles. The highest BCUT2D eigenvalue weighted by Gasteiger charge is 2.64. The average molecular weight is 249 g/mol. The number of halogens is 1. The van der Waals surface area contributed by atoms with Gasteiger partial charge < -0.3 is 5.32 Å². The summed E-state index contributed by atoms with van der Waals surface area (Å²) in [6, 6.07) is 6.19. The molecule has 1 unspecified atom stereocenters. The van der Waals surface area contributed by atoms with Crippen LogP contribution in [0.25, 0.3) is 0 Å². The van der Waals surface area contributed by atoms with E-state index in [1.807, 2.05) is 12.1 Å². The van der Waals surface area contributed by atoms with Crippen LogP contribution in [0.3, 0.4) is 0 Å². The molecule has 1 atom stereocenters. The monoisotopic (exact) mass is 249 g/mol. The van der Waals surface area contributed by atoms with Gasteiger partial charge >= 0.3 is 0 Å². The van der Waals surface area contributed by atoms with Crippen molar-refractivity contribution in [2.75, 3.05) is 0 Å². The number of hydrogen-bond donors (Lipinski definition) is 1. The Hall–Kier alpha value is -0.890. The van der Waals surface area contributed by atoms with Gasteiger partial charge in [-0.2, -0.15) is 0 Å². The van der Waals surface area contributed by atoms with Crippen molar-refractivity contribution in [3.05, 3.63) is 35.1 Å². The van der Waals surface area contributed by atoms with Gasteiger partial charge in [0.1, 0.15) is 5.82 Å². The van der Waals surface area contributed by atoms with Crippen molar-refractivity contribution in [1.29, 1.82) is 0 Å². The van der Waals surface area contributed by atoms with Crippen molar-refractivity contribution in [2.45, 2.75) is 53.6 Å². The molecule has 18 heavy (non-hydrogen) atoms. The van der Waals surface area contributed by atoms with E-state index in [1.165, 1.54) is 0 Å². The van der Waals surface area contributed by atoms with E-state index >= 15 is 0 Å². The van der Waals surface area contributed by atoms with Gasteiger partial charge in [-0.25, -0.2) is 4.39 Å². The summed E-state index contributed by atoms with van der Waals surface area (Å²) in [5.41, 5.74) is 2.35. The summed E-state index contributed by atoms with van der Waals surface area (Å²) >= 11 is 0. The topological polar surface area (TPSA) is 12.0 Å². The first kappa shape index (κ1) is 13.5. The zero-order valence-corrected chi connectivity index (χ0v) is 12.3. The van der Waals surface area contributed by atoms with Crippen LogP contribution in [0, 0.1) is 23.6 Å². The first-order valence-electron chi connectivity index (χ1n) is 6.70. The SMILES string of the molecule is Cc1ccc(C(C)NC2C(C)(C)C2(C)C)cc1F. The minimum absolute atomic E-state index is 0.115. The van der Waals surface area contributed by atoms with Crippen molar-refractivity contribution in [3.63, 3.8) is 0 Å². The molecule has 100 valence electrons. The number of hydrogen-bond acceptors (Lipinski definition) is 1. The highest BCUT2D eigenvalue weighted by atomic mass is 19.1. The molecular weight excluding hydrogens is 225 g/mol. The van der Waals surface area contributed by atoms with E-state index in [9.17, 15) is 4.39 Å². The van der Waals surface area contributed by atoms with Crippen molar-refractivity contribution in [2.24, 2.45) is 10.8 Å². The Labute approximate surface area is 110 Å². The van der Waals surface area contributed by atoms with Crippen molar-refractivity contribution in [1.82, 2.24) is 5.32 Å². The van der Waals surface area contributed by atoms with Gasteiger partial charge in [-0.05, 0) is 41.9 Å². The van der Waals surface area contributed by atoms with Crippen LogP contribution in [0.15, 0.2) is 18.2 Å². The predicted octanol–water partition coefficient (Wildman–Crippen LogP) is 4.22. The van der Waals surface area contributed by atoms with Gasteiger partial charge in [0.15, 0.2) is 0 Å². The first-order chi connectivity index (χ1) is 8.18. The zero-order chi connectivity index (χ0) is 13.7. The summed E-state index contributed by atoms with van der Waals surface area (Å²) in [6.07, 6.45) is 0. The lowest BCUT2D eigenvalue weighted by Crippen LogP contribution is -2.25. The Morgan fingerprint density at radius 1 is 1.17 bits per heavy atom. The van der Waals surface area contributed by atoms with E-state index in [0.717, 1.165) is 5.56 Å². The fraction of sp³-hybridized carbons (Fsp3) is 0.625. The summed E-state index contributed by atoms with van der Waals surface area (Å²) < 4.78 is 13.6. The lowest BCUT2D eigenvalue weighted by atomic mass is 10.0. The number of rotatable bonds is 3. The largest absolute Gasteiger partial charge is 0.306 e. The molecule has 1 aromatic carbocycles. The fourth-order valence-electron chi connectivity index (χ4n) is 2.84. The first-order valence-corrected chi connectivity index (χ1v) is 6.70. The molecule has 1 N–H and O–H groups in total. The predicted molar refractivity (Wildman–Crippen MR) is 74.0 cm³/mol. The van der Waals surface area contributed by atoms with Crippen LogP contribution in [-0.4, -0.2) is 6.04 Å². The van der Waals surface area contributed by atoms with E-state index in [4.69, 9.17) is 0 Å². The van der Waals surface area contributed by atoms with E-state index in [1.54, 1.807) is 13.0 Å². The van der Waals surface area contributed by atoms with Gasteiger partial charge in [0.2, 0.25) is 0 Å².